The summed E-state index contributed by atoms with van der Waals surface area (Å²) in [6.45, 7) is 2.11. The second-order valence-electron chi connectivity index (χ2n) is 6.73. The molecule has 3 atom stereocenters. The van der Waals surface area contributed by atoms with E-state index in [2.05, 4.69) is 6.92 Å². The van der Waals surface area contributed by atoms with Crippen LogP contribution >= 0.6 is 0 Å². The number of rotatable bonds is 12. The lowest BCUT2D eigenvalue weighted by Gasteiger charge is -2.18. The number of carboxylic acids is 1. The molecule has 1 fully saturated rings. The molecule has 0 aromatic rings. The van der Waals surface area contributed by atoms with Gasteiger partial charge in [0.2, 0.25) is 0 Å². The molecule has 0 aromatic heterocycles. The molecule has 1 aliphatic rings. The van der Waals surface area contributed by atoms with Gasteiger partial charge in [-0.2, -0.15) is 0 Å². The molecule has 0 aliphatic heterocycles. The summed E-state index contributed by atoms with van der Waals surface area (Å²) in [5.74, 6) is 0.0233. The standard InChI is InChI=1S/C20H32O4/c1-2-3-6-9-17(21)14-12-16-13-15-19(22)18(16)10-7-4-5-8-11-20(23)24/h4,6-7,9,16-18,21H,2-3,5,8,10-15H2,1H3,(H,23,24)/b7-4-,9-6+/t16-,17?,18+/m0/s1. The van der Waals surface area contributed by atoms with Crippen LogP contribution in [0.3, 0.4) is 0 Å². The highest BCUT2D eigenvalue weighted by Gasteiger charge is 2.33. The van der Waals surface area contributed by atoms with Gasteiger partial charge in [-0.05, 0) is 50.9 Å². The number of hydrogen-bond donors (Lipinski definition) is 2. The zero-order valence-corrected chi connectivity index (χ0v) is 14.8. The van der Waals surface area contributed by atoms with Gasteiger partial charge in [0.05, 0.1) is 6.10 Å². The largest absolute Gasteiger partial charge is 0.481 e. The minimum atomic E-state index is -0.763. The topological polar surface area (TPSA) is 74.6 Å². The predicted molar refractivity (Wildman–Crippen MR) is 95.8 cm³/mol. The van der Waals surface area contributed by atoms with Gasteiger partial charge in [-0.3, -0.25) is 9.59 Å². The van der Waals surface area contributed by atoms with E-state index in [9.17, 15) is 14.7 Å². The van der Waals surface area contributed by atoms with Gasteiger partial charge in [-0.25, -0.2) is 0 Å². The van der Waals surface area contributed by atoms with E-state index >= 15 is 0 Å². The molecule has 2 N–H and O–H groups in total. The zero-order valence-electron chi connectivity index (χ0n) is 14.8. The monoisotopic (exact) mass is 336 g/mol. The van der Waals surface area contributed by atoms with Crippen molar-refractivity contribution >= 4 is 11.8 Å². The Hall–Kier alpha value is -1.42. The van der Waals surface area contributed by atoms with Gasteiger partial charge in [-0.1, -0.05) is 37.6 Å². The summed E-state index contributed by atoms with van der Waals surface area (Å²) in [4.78, 5) is 22.5. The van der Waals surface area contributed by atoms with Crippen LogP contribution in [0.5, 0.6) is 0 Å². The summed E-state index contributed by atoms with van der Waals surface area (Å²) < 4.78 is 0. The first-order valence-electron chi connectivity index (χ1n) is 9.28. The molecule has 0 saturated heterocycles. The maximum atomic E-state index is 12.1. The van der Waals surface area contributed by atoms with Crippen LogP contribution in [0.1, 0.15) is 71.1 Å². The lowest BCUT2D eigenvalue weighted by molar-refractivity contribution is -0.137. The Balaban J connectivity index is 2.32. The number of unbranched alkanes of at least 4 members (excludes halogenated alkanes) is 2. The fourth-order valence-corrected chi connectivity index (χ4v) is 3.28. The Kier molecular flexibility index (Phi) is 10.3. The van der Waals surface area contributed by atoms with Gasteiger partial charge in [0, 0.05) is 18.8 Å². The summed E-state index contributed by atoms with van der Waals surface area (Å²) >= 11 is 0. The van der Waals surface area contributed by atoms with Gasteiger partial charge >= 0.3 is 5.97 Å². The van der Waals surface area contributed by atoms with Crippen LogP contribution in [0.15, 0.2) is 24.3 Å². The molecule has 1 saturated carbocycles. The fourth-order valence-electron chi connectivity index (χ4n) is 3.28. The van der Waals surface area contributed by atoms with E-state index in [0.717, 1.165) is 44.9 Å². The molecule has 1 unspecified atom stereocenters. The van der Waals surface area contributed by atoms with Crippen LogP contribution in [-0.4, -0.2) is 28.1 Å². The van der Waals surface area contributed by atoms with E-state index in [1.54, 1.807) is 0 Å². The summed E-state index contributed by atoms with van der Waals surface area (Å²) in [5, 5.41) is 18.6. The normalized spacial score (nSPS) is 22.7. The van der Waals surface area contributed by atoms with Crippen LogP contribution < -0.4 is 0 Å². The molecule has 1 aliphatic carbocycles. The average molecular weight is 336 g/mol. The van der Waals surface area contributed by atoms with E-state index in [0.29, 0.717) is 24.5 Å². The van der Waals surface area contributed by atoms with E-state index in [1.807, 2.05) is 24.3 Å². The Morgan fingerprint density at radius 2 is 2.08 bits per heavy atom. The van der Waals surface area contributed by atoms with Gasteiger partial charge in [0.25, 0.3) is 0 Å². The third kappa shape index (κ3) is 8.44. The molecule has 0 radical (unpaired) electrons. The Morgan fingerprint density at radius 1 is 1.29 bits per heavy atom. The van der Waals surface area contributed by atoms with Crippen molar-refractivity contribution in [3.63, 3.8) is 0 Å². The molecule has 1 rings (SSSR count). The molecule has 24 heavy (non-hydrogen) atoms. The van der Waals surface area contributed by atoms with E-state index in [-0.39, 0.29) is 12.3 Å². The minimum absolute atomic E-state index is 0.0764. The number of carbonyl (C=O) groups is 2. The van der Waals surface area contributed by atoms with Crippen LogP contribution in [-0.2, 0) is 9.59 Å². The van der Waals surface area contributed by atoms with Crippen LogP contribution in [0.25, 0.3) is 0 Å². The maximum absolute atomic E-state index is 12.1. The third-order valence-corrected chi connectivity index (χ3v) is 4.71. The molecule has 0 spiro atoms. The Morgan fingerprint density at radius 3 is 2.79 bits per heavy atom. The van der Waals surface area contributed by atoms with Crippen molar-refractivity contribution in [1.29, 1.82) is 0 Å². The summed E-state index contributed by atoms with van der Waals surface area (Å²) in [5.41, 5.74) is 0. The number of aliphatic hydroxyl groups is 1. The van der Waals surface area contributed by atoms with Crippen LogP contribution in [0, 0.1) is 11.8 Å². The molecule has 0 bridgehead atoms. The number of carbonyl (C=O) groups excluding carboxylic acids is 1. The molecule has 0 heterocycles. The highest BCUT2D eigenvalue weighted by molar-refractivity contribution is 5.83. The second kappa shape index (κ2) is 12.0. The van der Waals surface area contributed by atoms with Crippen molar-refractivity contribution in [2.75, 3.05) is 0 Å². The second-order valence-corrected chi connectivity index (χ2v) is 6.73. The average Bonchev–Trinajstić information content (AvgIpc) is 2.89. The van der Waals surface area contributed by atoms with E-state index in [1.165, 1.54) is 0 Å². The van der Waals surface area contributed by atoms with Gasteiger partial charge in [0.1, 0.15) is 5.78 Å². The first-order chi connectivity index (χ1) is 11.5. The van der Waals surface area contributed by atoms with Crippen molar-refractivity contribution < 1.29 is 19.8 Å². The smallest absolute Gasteiger partial charge is 0.303 e. The number of hydrogen-bond acceptors (Lipinski definition) is 3. The van der Waals surface area contributed by atoms with E-state index < -0.39 is 12.1 Å². The molecule has 4 heteroatoms. The van der Waals surface area contributed by atoms with Crippen molar-refractivity contribution in [1.82, 2.24) is 0 Å². The Bertz CT molecular complexity index is 439. The lowest BCUT2D eigenvalue weighted by Crippen LogP contribution is -2.16. The number of ketones is 1. The van der Waals surface area contributed by atoms with Gasteiger partial charge in [-0.15, -0.1) is 0 Å². The fraction of sp³-hybridized carbons (Fsp3) is 0.700. The molecule has 4 nitrogen and oxygen atoms in total. The quantitative estimate of drug-likeness (QED) is 0.412. The maximum Gasteiger partial charge on any atom is 0.303 e. The lowest BCUT2D eigenvalue weighted by atomic mass is 9.87. The zero-order chi connectivity index (χ0) is 17.8. The highest BCUT2D eigenvalue weighted by Crippen LogP contribution is 2.35. The summed E-state index contributed by atoms with van der Waals surface area (Å²) in [7, 11) is 0. The van der Waals surface area contributed by atoms with Crippen molar-refractivity contribution in [2.45, 2.75) is 77.2 Å². The summed E-state index contributed by atoms with van der Waals surface area (Å²) in [6, 6.07) is 0. The van der Waals surface area contributed by atoms with Crippen molar-refractivity contribution in [3.05, 3.63) is 24.3 Å². The molecule has 136 valence electrons. The number of allylic oxidation sites excluding steroid dienone is 3. The SMILES string of the molecule is CCC/C=C/C(O)CC[C@H]1CCC(=O)[C@@H]1C/C=C\CCCC(=O)O. The predicted octanol–water partition coefficient (Wildman–Crippen LogP) is 4.28. The first kappa shape index (κ1) is 20.6. The van der Waals surface area contributed by atoms with Gasteiger partial charge < -0.3 is 10.2 Å². The van der Waals surface area contributed by atoms with Crippen molar-refractivity contribution in [2.24, 2.45) is 11.8 Å². The number of aliphatic carboxylic acids is 1. The van der Waals surface area contributed by atoms with Gasteiger partial charge in [0.15, 0.2) is 0 Å². The van der Waals surface area contributed by atoms with Crippen LogP contribution in [0.2, 0.25) is 0 Å². The third-order valence-electron chi connectivity index (χ3n) is 4.71. The van der Waals surface area contributed by atoms with Crippen LogP contribution in [0.4, 0.5) is 0 Å². The molecule has 0 amide bonds. The number of aliphatic hydroxyl groups excluding tert-OH is 1. The number of Topliss-reactive ketones (excluding diaryl/α,β-unsaturated/α-hetero) is 1. The minimum Gasteiger partial charge on any atom is -0.481 e. The Labute approximate surface area is 145 Å². The molecule has 0 aromatic carbocycles. The summed E-state index contributed by atoms with van der Waals surface area (Å²) in [6.07, 6.45) is 15.1. The molecular weight excluding hydrogens is 304 g/mol. The van der Waals surface area contributed by atoms with E-state index in [4.69, 9.17) is 5.11 Å². The molecular formula is C20H32O4. The number of carboxylic acid groups (broad SMARTS) is 1. The highest BCUT2D eigenvalue weighted by atomic mass is 16.4. The van der Waals surface area contributed by atoms with Crippen molar-refractivity contribution in [3.8, 4) is 0 Å². The first-order valence-corrected chi connectivity index (χ1v) is 9.28.